The second kappa shape index (κ2) is 3.52. The van der Waals surface area contributed by atoms with Crippen molar-refractivity contribution in [2.45, 2.75) is 0 Å². The molecule has 5 heteroatoms. The normalized spacial score (nSPS) is 8.00. The van der Waals surface area contributed by atoms with Crippen molar-refractivity contribution in [1.82, 2.24) is 9.97 Å². The van der Waals surface area contributed by atoms with Gasteiger partial charge in [-0.05, 0) is 0 Å². The molecule has 0 aromatic carbocycles. The monoisotopic (exact) mass is 142 g/mol. The number of carboxylic acids is 1. The summed E-state index contributed by atoms with van der Waals surface area (Å²) < 4.78 is 0. The van der Waals surface area contributed by atoms with Crippen LogP contribution < -0.4 is 0 Å². The third-order valence-electron chi connectivity index (χ3n) is 0.782. The first kappa shape index (κ1) is 8.51. The number of rotatable bonds is 1. The summed E-state index contributed by atoms with van der Waals surface area (Å²) in [4.78, 5) is 17.2. The van der Waals surface area contributed by atoms with E-state index in [0.717, 1.165) is 0 Å². The Morgan fingerprint density at radius 2 is 2.20 bits per heavy atom. The van der Waals surface area contributed by atoms with Crippen molar-refractivity contribution in [2.24, 2.45) is 0 Å². The zero-order valence-electron chi connectivity index (χ0n) is 4.98. The van der Waals surface area contributed by atoms with Gasteiger partial charge in [-0.1, -0.05) is 0 Å². The third kappa shape index (κ3) is 1.79. The van der Waals surface area contributed by atoms with E-state index in [1.807, 2.05) is 0 Å². The van der Waals surface area contributed by atoms with Crippen LogP contribution in [0.2, 0.25) is 0 Å². The van der Waals surface area contributed by atoms with Gasteiger partial charge in [-0.25, -0.2) is 9.78 Å². The Balaban J connectivity index is 0.000000810. The number of hydrogen-bond donors (Lipinski definition) is 1. The van der Waals surface area contributed by atoms with Gasteiger partial charge in [0.1, 0.15) is 0 Å². The van der Waals surface area contributed by atoms with Crippen LogP contribution in [0.3, 0.4) is 0 Å². The summed E-state index contributed by atoms with van der Waals surface area (Å²) in [6, 6.07) is 0. The molecule has 0 amide bonds. The van der Waals surface area contributed by atoms with Crippen LogP contribution in [-0.2, 0) is 0 Å². The smallest absolute Gasteiger partial charge is 0.356 e. The fourth-order valence-corrected chi connectivity index (χ4v) is 0.410. The van der Waals surface area contributed by atoms with E-state index in [4.69, 9.17) is 5.11 Å². The molecular formula is C5H6N2O3. The SMILES string of the molecule is O.O=C(O)c1cnccn1. The molecule has 0 unspecified atom stereocenters. The van der Waals surface area contributed by atoms with Gasteiger partial charge in [0.05, 0.1) is 6.20 Å². The topological polar surface area (TPSA) is 94.6 Å². The maximum atomic E-state index is 10.1. The molecule has 0 aliphatic heterocycles. The fraction of sp³-hybridized carbons (Fsp3) is 0. The minimum atomic E-state index is -1.05. The van der Waals surface area contributed by atoms with Crippen molar-refractivity contribution < 1.29 is 15.4 Å². The van der Waals surface area contributed by atoms with Crippen LogP contribution in [-0.4, -0.2) is 26.5 Å². The quantitative estimate of drug-likeness (QED) is 0.563. The van der Waals surface area contributed by atoms with E-state index in [9.17, 15) is 4.79 Å². The van der Waals surface area contributed by atoms with Gasteiger partial charge in [-0.3, -0.25) is 4.98 Å². The summed E-state index contributed by atoms with van der Waals surface area (Å²) in [7, 11) is 0. The molecule has 0 fully saturated rings. The first-order valence-electron chi connectivity index (χ1n) is 2.30. The number of carboxylic acid groups (broad SMARTS) is 1. The lowest BCUT2D eigenvalue weighted by atomic mass is 10.5. The van der Waals surface area contributed by atoms with Crippen LogP contribution in [0.15, 0.2) is 18.6 Å². The fourth-order valence-electron chi connectivity index (χ4n) is 0.410. The van der Waals surface area contributed by atoms with Gasteiger partial charge in [0, 0.05) is 12.4 Å². The van der Waals surface area contributed by atoms with Gasteiger partial charge < -0.3 is 10.6 Å². The summed E-state index contributed by atoms with van der Waals surface area (Å²) in [6.45, 7) is 0. The number of nitrogens with zero attached hydrogens (tertiary/aromatic N) is 2. The summed E-state index contributed by atoms with van der Waals surface area (Å²) in [6.07, 6.45) is 3.96. The van der Waals surface area contributed by atoms with Gasteiger partial charge in [0.25, 0.3) is 0 Å². The van der Waals surface area contributed by atoms with E-state index in [2.05, 4.69) is 9.97 Å². The van der Waals surface area contributed by atoms with E-state index in [1.54, 1.807) is 0 Å². The second-order valence-corrected chi connectivity index (χ2v) is 1.40. The van der Waals surface area contributed by atoms with Crippen LogP contribution in [0.25, 0.3) is 0 Å². The van der Waals surface area contributed by atoms with Crippen LogP contribution in [0.5, 0.6) is 0 Å². The van der Waals surface area contributed by atoms with E-state index in [1.165, 1.54) is 18.6 Å². The van der Waals surface area contributed by atoms with Crippen molar-refractivity contribution in [2.75, 3.05) is 0 Å². The number of aromatic carboxylic acids is 1. The number of aromatic nitrogens is 2. The van der Waals surface area contributed by atoms with Gasteiger partial charge in [0.2, 0.25) is 0 Å². The van der Waals surface area contributed by atoms with Gasteiger partial charge >= 0.3 is 5.97 Å². The zero-order valence-corrected chi connectivity index (χ0v) is 4.98. The average molecular weight is 142 g/mol. The Bertz CT molecular complexity index is 211. The second-order valence-electron chi connectivity index (χ2n) is 1.40. The molecule has 0 aliphatic carbocycles. The minimum absolute atomic E-state index is 0. The van der Waals surface area contributed by atoms with Crippen LogP contribution in [0.4, 0.5) is 0 Å². The molecule has 1 heterocycles. The largest absolute Gasteiger partial charge is 0.476 e. The molecular weight excluding hydrogens is 136 g/mol. The van der Waals surface area contributed by atoms with Gasteiger partial charge in [-0.15, -0.1) is 0 Å². The highest BCUT2D eigenvalue weighted by molar-refractivity contribution is 5.84. The third-order valence-corrected chi connectivity index (χ3v) is 0.782. The Kier molecular flexibility index (Phi) is 2.99. The Morgan fingerprint density at radius 1 is 1.50 bits per heavy atom. The number of hydrogen-bond acceptors (Lipinski definition) is 3. The van der Waals surface area contributed by atoms with Crippen LogP contribution in [0, 0.1) is 0 Å². The Morgan fingerprint density at radius 3 is 2.50 bits per heavy atom. The van der Waals surface area contributed by atoms with Gasteiger partial charge in [-0.2, -0.15) is 0 Å². The minimum Gasteiger partial charge on any atom is -0.476 e. The highest BCUT2D eigenvalue weighted by Gasteiger charge is 2.00. The van der Waals surface area contributed by atoms with Crippen LogP contribution >= 0.6 is 0 Å². The van der Waals surface area contributed by atoms with Crippen molar-refractivity contribution in [3.05, 3.63) is 24.3 Å². The molecule has 0 spiro atoms. The molecule has 0 saturated heterocycles. The predicted molar refractivity (Wildman–Crippen MR) is 32.6 cm³/mol. The summed E-state index contributed by atoms with van der Waals surface area (Å²) in [5.41, 5.74) is -0.0301. The van der Waals surface area contributed by atoms with Crippen molar-refractivity contribution in [1.29, 1.82) is 0 Å². The molecule has 54 valence electrons. The lowest BCUT2D eigenvalue weighted by Gasteiger charge is -1.86. The molecule has 0 atom stereocenters. The lowest BCUT2D eigenvalue weighted by Crippen LogP contribution is -1.99. The predicted octanol–water partition coefficient (Wildman–Crippen LogP) is -0.650. The molecule has 10 heavy (non-hydrogen) atoms. The molecule has 5 nitrogen and oxygen atoms in total. The molecule has 0 bridgehead atoms. The molecule has 1 aromatic rings. The van der Waals surface area contributed by atoms with Crippen LogP contribution in [0.1, 0.15) is 10.5 Å². The van der Waals surface area contributed by atoms with Crippen molar-refractivity contribution >= 4 is 5.97 Å². The van der Waals surface area contributed by atoms with E-state index < -0.39 is 5.97 Å². The Hall–Kier alpha value is -1.49. The Labute approximate surface area is 56.7 Å². The first-order chi connectivity index (χ1) is 4.30. The van der Waals surface area contributed by atoms with Crippen molar-refractivity contribution in [3.63, 3.8) is 0 Å². The zero-order chi connectivity index (χ0) is 6.69. The van der Waals surface area contributed by atoms with E-state index >= 15 is 0 Å². The molecule has 0 saturated carbocycles. The van der Waals surface area contributed by atoms with Crippen molar-refractivity contribution in [3.8, 4) is 0 Å². The molecule has 0 radical (unpaired) electrons. The summed E-state index contributed by atoms with van der Waals surface area (Å²) in [5.74, 6) is -1.05. The highest BCUT2D eigenvalue weighted by Crippen LogP contribution is 1.86. The summed E-state index contributed by atoms with van der Waals surface area (Å²) in [5, 5.41) is 8.28. The number of carbonyl (C=O) groups is 1. The molecule has 1 rings (SSSR count). The molecule has 0 aliphatic rings. The standard InChI is InChI=1S/C5H4N2O2.H2O/c8-5(9)4-3-6-1-2-7-4;/h1-3H,(H,8,9);1H2. The van der Waals surface area contributed by atoms with E-state index in [0.29, 0.717) is 0 Å². The first-order valence-corrected chi connectivity index (χ1v) is 2.30. The molecule has 3 N–H and O–H groups in total. The summed E-state index contributed by atoms with van der Waals surface area (Å²) >= 11 is 0. The van der Waals surface area contributed by atoms with Gasteiger partial charge in [0.15, 0.2) is 5.69 Å². The maximum absolute atomic E-state index is 10.1. The molecule has 1 aromatic heterocycles. The highest BCUT2D eigenvalue weighted by atomic mass is 16.4. The average Bonchev–Trinajstić information content (AvgIpc) is 1.90. The lowest BCUT2D eigenvalue weighted by molar-refractivity contribution is 0.0690. The maximum Gasteiger partial charge on any atom is 0.356 e. The van der Waals surface area contributed by atoms with E-state index in [-0.39, 0.29) is 11.2 Å².